The number of allylic oxidation sites excluding steroid dienone is 2. The van der Waals surface area contributed by atoms with Gasteiger partial charge in [-0.25, -0.2) is 9.45 Å². The topological polar surface area (TPSA) is 47.5 Å². The number of hydrogen-bond acceptors (Lipinski definition) is 4. The van der Waals surface area contributed by atoms with Gasteiger partial charge in [0, 0.05) is 24.5 Å². The fourth-order valence-electron chi connectivity index (χ4n) is 3.34. The van der Waals surface area contributed by atoms with Gasteiger partial charge in [0.05, 0.1) is 0 Å². The van der Waals surface area contributed by atoms with Gasteiger partial charge < -0.3 is 10.6 Å². The Morgan fingerprint density at radius 3 is 2.72 bits per heavy atom. The summed E-state index contributed by atoms with van der Waals surface area (Å²) in [5.41, 5.74) is -2.60. The lowest BCUT2D eigenvalue weighted by Gasteiger charge is -2.48. The van der Waals surface area contributed by atoms with Crippen LogP contribution in [0.1, 0.15) is 19.4 Å². The Kier molecular flexibility index (Phi) is 4.28. The average Bonchev–Trinajstić information content (AvgIpc) is 2.51. The van der Waals surface area contributed by atoms with Gasteiger partial charge in [-0.05, 0) is 35.4 Å². The second-order valence-corrected chi connectivity index (χ2v) is 6.52. The predicted octanol–water partition coefficient (Wildman–Crippen LogP) is 3.52. The lowest BCUT2D eigenvalue weighted by Crippen LogP contribution is -2.60. The van der Waals surface area contributed by atoms with Gasteiger partial charge in [0.2, 0.25) is 0 Å². The van der Waals surface area contributed by atoms with Crippen LogP contribution in [0.3, 0.4) is 0 Å². The fraction of sp³-hybridized carbons (Fsp3) is 0.412. The number of hydroxylamine groups is 2. The number of nitrogens with zero attached hydrogens (tertiary/aromatic N) is 1. The predicted molar refractivity (Wildman–Crippen MR) is 85.5 cm³/mol. The molecule has 2 aliphatic heterocycles. The zero-order valence-electron chi connectivity index (χ0n) is 13.7. The molecule has 136 valence electrons. The van der Waals surface area contributed by atoms with E-state index in [-0.39, 0.29) is 22.9 Å². The van der Waals surface area contributed by atoms with E-state index in [0.29, 0.717) is 5.06 Å². The lowest BCUT2D eigenvalue weighted by atomic mass is 9.68. The van der Waals surface area contributed by atoms with Gasteiger partial charge in [0.15, 0.2) is 0 Å². The zero-order chi connectivity index (χ0) is 18.4. The maximum Gasteiger partial charge on any atom is 0.403 e. The van der Waals surface area contributed by atoms with Crippen molar-refractivity contribution in [2.24, 2.45) is 0 Å². The van der Waals surface area contributed by atoms with Crippen LogP contribution in [-0.2, 0) is 5.41 Å². The Hall–Kier alpha value is -2.06. The quantitative estimate of drug-likeness (QED) is 0.725. The molecule has 0 spiro atoms. The van der Waals surface area contributed by atoms with Gasteiger partial charge in [-0.3, -0.25) is 5.21 Å². The van der Waals surface area contributed by atoms with E-state index in [9.17, 15) is 22.8 Å². The summed E-state index contributed by atoms with van der Waals surface area (Å²) in [6.45, 7) is 3.02. The van der Waals surface area contributed by atoms with Crippen LogP contribution in [-0.4, -0.2) is 35.2 Å². The molecule has 1 aromatic rings. The lowest BCUT2D eigenvalue weighted by molar-refractivity contribution is -0.185. The molecule has 0 saturated heterocycles. The maximum atomic E-state index is 14.4. The van der Waals surface area contributed by atoms with E-state index in [1.54, 1.807) is 13.8 Å². The van der Waals surface area contributed by atoms with Gasteiger partial charge in [-0.1, -0.05) is 19.9 Å². The minimum Gasteiger partial charge on any atom is -0.360 e. The molecule has 3 rings (SSSR count). The molecule has 1 aromatic carbocycles. The third-order valence-corrected chi connectivity index (χ3v) is 4.56. The summed E-state index contributed by atoms with van der Waals surface area (Å²) < 4.78 is 57.0. The van der Waals surface area contributed by atoms with Gasteiger partial charge in [0.25, 0.3) is 0 Å². The van der Waals surface area contributed by atoms with Crippen molar-refractivity contribution < 1.29 is 22.8 Å². The van der Waals surface area contributed by atoms with E-state index >= 15 is 0 Å². The third kappa shape index (κ3) is 2.79. The van der Waals surface area contributed by atoms with E-state index in [2.05, 4.69) is 10.6 Å². The number of benzene rings is 1. The SMILES string of the molecule is CC(C)NCC1(C(F)(F)F)C2=CC=CN(O)C2Nc2ccc(F)cc21. The molecular weight excluding hydrogens is 338 g/mol. The number of anilines is 1. The second kappa shape index (κ2) is 6.03. The average molecular weight is 357 g/mol. The molecule has 0 radical (unpaired) electrons. The molecule has 0 fully saturated rings. The summed E-state index contributed by atoms with van der Waals surface area (Å²) in [6.07, 6.45) is -1.84. The van der Waals surface area contributed by atoms with Crippen molar-refractivity contribution in [1.82, 2.24) is 10.4 Å². The van der Waals surface area contributed by atoms with E-state index in [4.69, 9.17) is 0 Å². The van der Waals surface area contributed by atoms with E-state index in [0.717, 1.165) is 12.1 Å². The number of fused-ring (bicyclic) bond motifs is 2. The summed E-state index contributed by atoms with van der Waals surface area (Å²) in [5, 5.41) is 16.4. The van der Waals surface area contributed by atoms with E-state index in [1.165, 1.54) is 24.4 Å². The molecule has 0 saturated carbocycles. The Balaban J connectivity index is 2.28. The Morgan fingerprint density at radius 2 is 2.08 bits per heavy atom. The highest BCUT2D eigenvalue weighted by Gasteiger charge is 2.62. The minimum absolute atomic E-state index is 0.0868. The Labute approximate surface area is 142 Å². The highest BCUT2D eigenvalue weighted by molar-refractivity contribution is 5.66. The van der Waals surface area contributed by atoms with Crippen LogP contribution in [0.4, 0.5) is 23.2 Å². The molecule has 0 aromatic heterocycles. The number of alkyl halides is 3. The molecule has 0 amide bonds. The third-order valence-electron chi connectivity index (χ3n) is 4.56. The summed E-state index contributed by atoms with van der Waals surface area (Å²) in [6, 6.07) is 3.07. The number of rotatable bonds is 3. The fourth-order valence-corrected chi connectivity index (χ4v) is 3.34. The molecule has 8 heteroatoms. The molecule has 0 bridgehead atoms. The van der Waals surface area contributed by atoms with Gasteiger partial charge in [-0.15, -0.1) is 0 Å². The molecule has 4 nitrogen and oxygen atoms in total. The van der Waals surface area contributed by atoms with Gasteiger partial charge >= 0.3 is 6.18 Å². The standard InChI is InChI=1S/C17H19F4N3O/c1-10(2)22-9-16(17(19,20)21)12-4-3-7-24(25)15(12)23-14-6-5-11(18)8-13(14)16/h3-8,10,15,22-23,25H,9H2,1-2H3. The molecule has 2 unspecified atom stereocenters. The van der Waals surface area contributed by atoms with Crippen molar-refractivity contribution in [2.75, 3.05) is 11.9 Å². The van der Waals surface area contributed by atoms with Crippen LogP contribution in [0.5, 0.6) is 0 Å². The van der Waals surface area contributed by atoms with Crippen molar-refractivity contribution in [1.29, 1.82) is 0 Å². The Morgan fingerprint density at radius 1 is 1.36 bits per heavy atom. The first-order chi connectivity index (χ1) is 11.7. The number of hydrogen-bond donors (Lipinski definition) is 3. The van der Waals surface area contributed by atoms with Crippen LogP contribution in [0.2, 0.25) is 0 Å². The van der Waals surface area contributed by atoms with Crippen molar-refractivity contribution in [2.45, 2.75) is 37.6 Å². The van der Waals surface area contributed by atoms with Crippen LogP contribution in [0.15, 0.2) is 42.1 Å². The van der Waals surface area contributed by atoms with Crippen LogP contribution in [0, 0.1) is 5.82 Å². The normalized spacial score (nSPS) is 25.4. The molecule has 2 aliphatic rings. The summed E-state index contributed by atoms with van der Waals surface area (Å²) >= 11 is 0. The number of halogens is 4. The summed E-state index contributed by atoms with van der Waals surface area (Å²) in [7, 11) is 0. The largest absolute Gasteiger partial charge is 0.403 e. The minimum atomic E-state index is -4.70. The Bertz CT molecular complexity index is 729. The van der Waals surface area contributed by atoms with Gasteiger partial charge in [-0.2, -0.15) is 13.2 Å². The van der Waals surface area contributed by atoms with Crippen molar-refractivity contribution in [3.05, 3.63) is 53.5 Å². The summed E-state index contributed by atoms with van der Waals surface area (Å²) in [4.78, 5) is 0. The molecule has 0 aliphatic carbocycles. The monoisotopic (exact) mass is 357 g/mol. The van der Waals surface area contributed by atoms with Crippen molar-refractivity contribution >= 4 is 5.69 Å². The zero-order valence-corrected chi connectivity index (χ0v) is 13.7. The van der Waals surface area contributed by atoms with Crippen LogP contribution >= 0.6 is 0 Å². The molecule has 2 atom stereocenters. The van der Waals surface area contributed by atoms with Gasteiger partial charge in [0.1, 0.15) is 17.4 Å². The van der Waals surface area contributed by atoms with Crippen LogP contribution in [0.25, 0.3) is 0 Å². The highest BCUT2D eigenvalue weighted by Crippen LogP contribution is 2.53. The summed E-state index contributed by atoms with van der Waals surface area (Å²) in [5.74, 6) is -0.745. The molecule has 2 heterocycles. The first kappa shape index (κ1) is 17.8. The second-order valence-electron chi connectivity index (χ2n) is 6.52. The molecular formula is C17H19F4N3O. The molecule has 3 N–H and O–H groups in total. The van der Waals surface area contributed by atoms with E-state index < -0.39 is 30.1 Å². The first-order valence-corrected chi connectivity index (χ1v) is 7.89. The maximum absolute atomic E-state index is 14.4. The smallest absolute Gasteiger partial charge is 0.360 e. The van der Waals surface area contributed by atoms with Crippen molar-refractivity contribution in [3.63, 3.8) is 0 Å². The highest BCUT2D eigenvalue weighted by atomic mass is 19.4. The van der Waals surface area contributed by atoms with Crippen LogP contribution < -0.4 is 10.6 Å². The van der Waals surface area contributed by atoms with E-state index in [1.807, 2.05) is 0 Å². The number of nitrogens with one attached hydrogen (secondary N) is 2. The molecule has 25 heavy (non-hydrogen) atoms. The first-order valence-electron chi connectivity index (χ1n) is 7.89. The van der Waals surface area contributed by atoms with Crippen molar-refractivity contribution in [3.8, 4) is 0 Å².